The zero-order chi connectivity index (χ0) is 13.0. The maximum absolute atomic E-state index is 11.6. The van der Waals surface area contributed by atoms with E-state index in [4.69, 9.17) is 5.73 Å². The highest BCUT2D eigenvalue weighted by molar-refractivity contribution is 9.11. The second-order valence-corrected chi connectivity index (χ2v) is 7.41. The summed E-state index contributed by atoms with van der Waals surface area (Å²) in [6, 6.07) is 4.31. The van der Waals surface area contributed by atoms with Gasteiger partial charge in [0.2, 0.25) is 5.91 Å². The Morgan fingerprint density at radius 2 is 2.33 bits per heavy atom. The van der Waals surface area contributed by atoms with Crippen molar-refractivity contribution in [2.75, 3.05) is 6.54 Å². The third kappa shape index (κ3) is 4.71. The normalized spacial score (nSPS) is 16.6. The molecular weight excluding hydrogens is 312 g/mol. The van der Waals surface area contributed by atoms with Gasteiger partial charge in [0.05, 0.1) is 3.79 Å². The molecule has 0 bridgehead atoms. The Balaban J connectivity index is 1.56. The van der Waals surface area contributed by atoms with Crippen LogP contribution >= 0.6 is 27.3 Å². The Hall–Kier alpha value is -0.390. The van der Waals surface area contributed by atoms with E-state index in [-0.39, 0.29) is 11.9 Å². The number of nitrogens with one attached hydrogen (secondary N) is 1. The molecule has 0 radical (unpaired) electrons. The first-order valence-corrected chi connectivity index (χ1v) is 8.02. The highest BCUT2D eigenvalue weighted by atomic mass is 79.9. The van der Waals surface area contributed by atoms with Crippen LogP contribution in [-0.2, 0) is 11.2 Å². The summed E-state index contributed by atoms with van der Waals surface area (Å²) in [5.41, 5.74) is 5.93. The van der Waals surface area contributed by atoms with Gasteiger partial charge < -0.3 is 11.1 Å². The number of nitrogens with two attached hydrogens (primary N) is 1. The van der Waals surface area contributed by atoms with Gasteiger partial charge in [-0.2, -0.15) is 0 Å². The molecule has 3 N–H and O–H groups in total. The Kier molecular flexibility index (Phi) is 5.21. The molecule has 18 heavy (non-hydrogen) atoms. The number of rotatable bonds is 7. The molecule has 1 aliphatic rings. The quantitative estimate of drug-likeness (QED) is 0.807. The molecule has 0 aromatic carbocycles. The van der Waals surface area contributed by atoms with Gasteiger partial charge in [0.1, 0.15) is 0 Å². The van der Waals surface area contributed by atoms with E-state index in [1.807, 2.05) is 0 Å². The molecular formula is C13H19BrN2OS. The van der Waals surface area contributed by atoms with Gasteiger partial charge >= 0.3 is 0 Å². The molecule has 100 valence electrons. The van der Waals surface area contributed by atoms with Crippen molar-refractivity contribution in [3.05, 3.63) is 20.8 Å². The Labute approximate surface area is 120 Å². The van der Waals surface area contributed by atoms with Crippen molar-refractivity contribution in [3.63, 3.8) is 0 Å². The van der Waals surface area contributed by atoms with Crippen LogP contribution in [0.5, 0.6) is 0 Å². The zero-order valence-electron chi connectivity index (χ0n) is 10.3. The van der Waals surface area contributed by atoms with E-state index in [1.54, 1.807) is 11.3 Å². The van der Waals surface area contributed by atoms with Crippen LogP contribution in [0.15, 0.2) is 15.9 Å². The number of amides is 1. The minimum Gasteiger partial charge on any atom is -0.355 e. The standard InChI is InChI=1S/C13H19BrN2OS/c14-12-7-6-10(18-12)2-1-3-13(17)16-8-11(15)9-4-5-9/h6-7,9,11H,1-5,8,15H2,(H,16,17). The van der Waals surface area contributed by atoms with Gasteiger partial charge in [0.25, 0.3) is 0 Å². The van der Waals surface area contributed by atoms with Gasteiger partial charge in [0.15, 0.2) is 0 Å². The Morgan fingerprint density at radius 3 is 2.94 bits per heavy atom. The van der Waals surface area contributed by atoms with Crippen LogP contribution in [0, 0.1) is 5.92 Å². The van der Waals surface area contributed by atoms with E-state index in [9.17, 15) is 4.79 Å². The summed E-state index contributed by atoms with van der Waals surface area (Å²) in [6.07, 6.45) is 4.91. The lowest BCUT2D eigenvalue weighted by atomic mass is 10.2. The van der Waals surface area contributed by atoms with Gasteiger partial charge in [-0.3, -0.25) is 4.79 Å². The lowest BCUT2D eigenvalue weighted by Gasteiger charge is -2.11. The van der Waals surface area contributed by atoms with Gasteiger partial charge in [-0.25, -0.2) is 0 Å². The molecule has 1 fully saturated rings. The molecule has 1 unspecified atom stereocenters. The summed E-state index contributed by atoms with van der Waals surface area (Å²) in [7, 11) is 0. The van der Waals surface area contributed by atoms with Crippen molar-refractivity contribution in [1.29, 1.82) is 0 Å². The lowest BCUT2D eigenvalue weighted by molar-refractivity contribution is -0.121. The van der Waals surface area contributed by atoms with E-state index in [0.29, 0.717) is 18.9 Å². The third-order valence-electron chi connectivity index (χ3n) is 3.22. The molecule has 1 amide bonds. The smallest absolute Gasteiger partial charge is 0.220 e. The summed E-state index contributed by atoms with van der Waals surface area (Å²) in [6.45, 7) is 0.633. The maximum atomic E-state index is 11.6. The van der Waals surface area contributed by atoms with Crippen LogP contribution in [0.4, 0.5) is 0 Å². The number of halogens is 1. The van der Waals surface area contributed by atoms with E-state index >= 15 is 0 Å². The van der Waals surface area contributed by atoms with Gasteiger partial charge in [0, 0.05) is 23.9 Å². The average Bonchev–Trinajstić information content (AvgIpc) is 3.11. The van der Waals surface area contributed by atoms with Crippen LogP contribution < -0.4 is 11.1 Å². The predicted octanol–water partition coefficient (Wildman–Crippen LogP) is 2.69. The predicted molar refractivity (Wildman–Crippen MR) is 78.7 cm³/mol. The first-order valence-electron chi connectivity index (χ1n) is 6.41. The molecule has 1 aromatic rings. The highest BCUT2D eigenvalue weighted by Gasteiger charge is 2.28. The number of hydrogen-bond donors (Lipinski definition) is 2. The van der Waals surface area contributed by atoms with Crippen molar-refractivity contribution < 1.29 is 4.79 Å². The van der Waals surface area contributed by atoms with Crippen LogP contribution in [-0.4, -0.2) is 18.5 Å². The largest absolute Gasteiger partial charge is 0.355 e. The first kappa shape index (κ1) is 14.0. The van der Waals surface area contributed by atoms with E-state index in [1.165, 1.54) is 17.7 Å². The van der Waals surface area contributed by atoms with Gasteiger partial charge in [-0.05, 0) is 59.7 Å². The summed E-state index contributed by atoms with van der Waals surface area (Å²) in [5.74, 6) is 0.774. The monoisotopic (exact) mass is 330 g/mol. The van der Waals surface area contributed by atoms with Crippen molar-refractivity contribution in [1.82, 2.24) is 5.32 Å². The molecule has 1 heterocycles. The molecule has 2 rings (SSSR count). The first-order chi connectivity index (χ1) is 8.65. The Morgan fingerprint density at radius 1 is 1.56 bits per heavy atom. The molecule has 0 spiro atoms. The summed E-state index contributed by atoms with van der Waals surface area (Å²) >= 11 is 5.17. The SMILES string of the molecule is NC(CNC(=O)CCCc1ccc(Br)s1)C1CC1. The second-order valence-electron chi connectivity index (χ2n) is 4.86. The molecule has 5 heteroatoms. The van der Waals surface area contributed by atoms with Crippen molar-refractivity contribution >= 4 is 33.2 Å². The van der Waals surface area contributed by atoms with Crippen molar-refractivity contribution in [2.45, 2.75) is 38.1 Å². The van der Waals surface area contributed by atoms with Crippen LogP contribution in [0.3, 0.4) is 0 Å². The highest BCUT2D eigenvalue weighted by Crippen LogP contribution is 2.31. The number of carbonyl (C=O) groups is 1. The fraction of sp³-hybridized carbons (Fsp3) is 0.615. The Bertz CT molecular complexity index is 403. The van der Waals surface area contributed by atoms with Crippen molar-refractivity contribution in [3.8, 4) is 0 Å². The summed E-state index contributed by atoms with van der Waals surface area (Å²) in [4.78, 5) is 12.9. The van der Waals surface area contributed by atoms with Crippen LogP contribution in [0.2, 0.25) is 0 Å². The minimum atomic E-state index is 0.127. The van der Waals surface area contributed by atoms with Crippen LogP contribution in [0.25, 0.3) is 0 Å². The molecule has 1 aromatic heterocycles. The molecule has 3 nitrogen and oxygen atoms in total. The molecule has 0 saturated heterocycles. The summed E-state index contributed by atoms with van der Waals surface area (Å²) < 4.78 is 1.15. The lowest BCUT2D eigenvalue weighted by Crippen LogP contribution is -2.38. The van der Waals surface area contributed by atoms with E-state index in [0.717, 1.165) is 16.6 Å². The number of thiophene rings is 1. The van der Waals surface area contributed by atoms with Crippen molar-refractivity contribution in [2.24, 2.45) is 11.7 Å². The maximum Gasteiger partial charge on any atom is 0.220 e. The molecule has 1 saturated carbocycles. The fourth-order valence-corrected chi connectivity index (χ4v) is 3.45. The number of aryl methyl sites for hydroxylation is 1. The van der Waals surface area contributed by atoms with Gasteiger partial charge in [-0.15, -0.1) is 11.3 Å². The second kappa shape index (κ2) is 6.68. The zero-order valence-corrected chi connectivity index (χ0v) is 12.7. The van der Waals surface area contributed by atoms with E-state index < -0.39 is 0 Å². The van der Waals surface area contributed by atoms with Gasteiger partial charge in [-0.1, -0.05) is 0 Å². The fourth-order valence-electron chi connectivity index (χ4n) is 1.92. The summed E-state index contributed by atoms with van der Waals surface area (Å²) in [5, 5.41) is 2.93. The molecule has 1 atom stereocenters. The topological polar surface area (TPSA) is 55.1 Å². The van der Waals surface area contributed by atoms with Crippen LogP contribution in [0.1, 0.15) is 30.6 Å². The van der Waals surface area contributed by atoms with E-state index in [2.05, 4.69) is 33.4 Å². The number of carbonyl (C=O) groups excluding carboxylic acids is 1. The third-order valence-corrected chi connectivity index (χ3v) is 4.90. The number of hydrogen-bond acceptors (Lipinski definition) is 3. The molecule has 1 aliphatic carbocycles. The average molecular weight is 331 g/mol. The molecule has 0 aliphatic heterocycles. The minimum absolute atomic E-state index is 0.127.